The predicted molar refractivity (Wildman–Crippen MR) is 129 cm³/mol. The molecule has 4 heteroatoms. The number of hydrogen-bond acceptors (Lipinski definition) is 3. The molecule has 3 aromatic rings. The lowest BCUT2D eigenvalue weighted by Crippen LogP contribution is -2.25. The molecule has 0 aliphatic heterocycles. The summed E-state index contributed by atoms with van der Waals surface area (Å²) < 4.78 is 19.9. The Kier molecular flexibility index (Phi) is 8.26. The van der Waals surface area contributed by atoms with Gasteiger partial charge in [0, 0.05) is 15.9 Å². The van der Waals surface area contributed by atoms with Gasteiger partial charge in [-0.1, -0.05) is 99.0 Å². The maximum absolute atomic E-state index is 14.3. The van der Waals surface area contributed by atoms with E-state index in [2.05, 4.69) is 6.92 Å². The number of hydrogen-bond donors (Lipinski definition) is 0. The van der Waals surface area contributed by atoms with Gasteiger partial charge in [-0.2, -0.15) is 0 Å². The minimum atomic E-state index is -3.03. The fourth-order valence-corrected chi connectivity index (χ4v) is 6.35. The average Bonchev–Trinajstić information content (AvgIpc) is 2.82. The second kappa shape index (κ2) is 11.1. The van der Waals surface area contributed by atoms with Gasteiger partial charge < -0.3 is 9.30 Å². The van der Waals surface area contributed by atoms with E-state index in [0.717, 1.165) is 23.5 Å². The minimum absolute atomic E-state index is 0.108. The molecule has 3 rings (SSSR count). The van der Waals surface area contributed by atoms with Crippen molar-refractivity contribution in [1.82, 2.24) is 0 Å². The molecule has 0 N–H and O–H groups in total. The summed E-state index contributed by atoms with van der Waals surface area (Å²) in [5.41, 5.74) is 0.483. The van der Waals surface area contributed by atoms with Crippen LogP contribution >= 0.6 is 7.14 Å². The molecule has 0 fully saturated rings. The Morgan fingerprint density at radius 1 is 0.774 bits per heavy atom. The van der Waals surface area contributed by atoms with Crippen molar-refractivity contribution in [1.29, 1.82) is 0 Å². The first-order valence-electron chi connectivity index (χ1n) is 11.1. The average molecular weight is 435 g/mol. The number of unbranched alkanes of at least 4 members (excludes halogenated alkanes) is 3. The van der Waals surface area contributed by atoms with Crippen LogP contribution in [0.2, 0.25) is 0 Å². The summed E-state index contributed by atoms with van der Waals surface area (Å²) >= 11 is 0. The maximum atomic E-state index is 14.3. The van der Waals surface area contributed by atoms with Crippen molar-refractivity contribution in [3.63, 3.8) is 0 Å². The van der Waals surface area contributed by atoms with Crippen LogP contribution in [0.3, 0.4) is 0 Å². The third kappa shape index (κ3) is 5.74. The molecule has 162 valence electrons. The monoisotopic (exact) mass is 434 g/mol. The minimum Gasteiger partial charge on any atom is -0.459 e. The Bertz CT molecular complexity index is 954. The number of benzene rings is 3. The van der Waals surface area contributed by atoms with Crippen LogP contribution in [0.4, 0.5) is 0 Å². The van der Waals surface area contributed by atoms with Crippen molar-refractivity contribution >= 4 is 29.0 Å². The molecule has 0 saturated carbocycles. The summed E-state index contributed by atoms with van der Waals surface area (Å²) in [6.45, 7) is 4.12. The molecule has 3 nitrogen and oxygen atoms in total. The molecule has 1 atom stereocenters. The summed E-state index contributed by atoms with van der Waals surface area (Å²) in [5.74, 6) is -0.330. The molecule has 0 saturated heterocycles. The fourth-order valence-electron chi connectivity index (χ4n) is 3.70. The van der Waals surface area contributed by atoms with E-state index in [0.29, 0.717) is 10.9 Å². The Balaban J connectivity index is 1.80. The zero-order valence-electron chi connectivity index (χ0n) is 18.4. The van der Waals surface area contributed by atoms with E-state index in [9.17, 15) is 9.36 Å². The van der Waals surface area contributed by atoms with Crippen LogP contribution < -0.4 is 15.9 Å². The van der Waals surface area contributed by atoms with Gasteiger partial charge in [0.25, 0.3) is 0 Å². The van der Waals surface area contributed by atoms with E-state index in [4.69, 9.17) is 4.74 Å². The van der Waals surface area contributed by atoms with E-state index in [-0.39, 0.29) is 12.1 Å². The van der Waals surface area contributed by atoms with Gasteiger partial charge in [-0.3, -0.25) is 0 Å². The molecule has 31 heavy (non-hydrogen) atoms. The van der Waals surface area contributed by atoms with Crippen LogP contribution in [0.5, 0.6) is 0 Å². The third-order valence-corrected chi connectivity index (χ3v) is 8.55. The predicted octanol–water partition coefficient (Wildman–Crippen LogP) is 5.84. The first-order valence-corrected chi connectivity index (χ1v) is 12.8. The van der Waals surface area contributed by atoms with Crippen molar-refractivity contribution in [2.45, 2.75) is 52.1 Å². The summed E-state index contributed by atoms with van der Waals surface area (Å²) in [5, 5.41) is 2.25. The molecule has 3 aromatic carbocycles. The lowest BCUT2D eigenvalue weighted by atomic mass is 10.1. The molecule has 0 radical (unpaired) electrons. The summed E-state index contributed by atoms with van der Waals surface area (Å²) in [4.78, 5) is 12.6. The van der Waals surface area contributed by atoms with Crippen LogP contribution in [-0.4, -0.2) is 12.1 Å². The smallest absolute Gasteiger partial charge is 0.338 e. The SMILES string of the molecule is CCCCCC[C@@H](C)OC(=O)c1ccc(P(=O)(c2ccccc2)c2ccccc2)cc1. The normalized spacial score (nSPS) is 12.3. The highest BCUT2D eigenvalue weighted by Crippen LogP contribution is 2.42. The number of carbonyl (C=O) groups excluding carboxylic acids is 1. The van der Waals surface area contributed by atoms with Crippen molar-refractivity contribution in [3.8, 4) is 0 Å². The Morgan fingerprint density at radius 2 is 1.29 bits per heavy atom. The van der Waals surface area contributed by atoms with Crippen LogP contribution in [-0.2, 0) is 9.30 Å². The Hall–Kier alpha value is -2.64. The number of esters is 1. The fraction of sp³-hybridized carbons (Fsp3) is 0.296. The third-order valence-electron chi connectivity index (χ3n) is 5.48. The molecule has 0 aromatic heterocycles. The first-order chi connectivity index (χ1) is 15.1. The summed E-state index contributed by atoms with van der Waals surface area (Å²) in [6, 6.07) is 26.1. The lowest BCUT2D eigenvalue weighted by Gasteiger charge is -2.20. The van der Waals surface area contributed by atoms with Crippen molar-refractivity contribution in [2.24, 2.45) is 0 Å². The van der Waals surface area contributed by atoms with Gasteiger partial charge in [-0.05, 0) is 31.9 Å². The van der Waals surface area contributed by atoms with Crippen molar-refractivity contribution in [3.05, 3.63) is 90.5 Å². The molecule has 0 aliphatic rings. The molecule has 0 spiro atoms. The van der Waals surface area contributed by atoms with E-state index in [1.807, 2.05) is 67.6 Å². The largest absolute Gasteiger partial charge is 0.459 e. The van der Waals surface area contributed by atoms with Gasteiger partial charge in [0.05, 0.1) is 11.7 Å². The highest BCUT2D eigenvalue weighted by atomic mass is 31.2. The molecular weight excluding hydrogens is 403 g/mol. The number of ether oxygens (including phenoxy) is 1. The Labute approximate surface area is 185 Å². The van der Waals surface area contributed by atoms with E-state index >= 15 is 0 Å². The van der Waals surface area contributed by atoms with Gasteiger partial charge in [0.15, 0.2) is 7.14 Å². The highest BCUT2D eigenvalue weighted by Gasteiger charge is 2.29. The molecule has 0 aliphatic carbocycles. The van der Waals surface area contributed by atoms with Gasteiger partial charge >= 0.3 is 5.97 Å². The molecule has 0 heterocycles. The molecule has 0 unspecified atom stereocenters. The van der Waals surface area contributed by atoms with E-state index in [1.54, 1.807) is 24.3 Å². The second-order valence-electron chi connectivity index (χ2n) is 7.89. The maximum Gasteiger partial charge on any atom is 0.338 e. The molecule has 0 amide bonds. The summed E-state index contributed by atoms with van der Waals surface area (Å²) in [7, 11) is -3.03. The van der Waals surface area contributed by atoms with Crippen LogP contribution in [0.15, 0.2) is 84.9 Å². The van der Waals surface area contributed by atoms with Crippen molar-refractivity contribution < 1.29 is 14.1 Å². The number of carbonyl (C=O) groups is 1. The highest BCUT2D eigenvalue weighted by molar-refractivity contribution is 7.85. The van der Waals surface area contributed by atoms with Crippen molar-refractivity contribution in [2.75, 3.05) is 0 Å². The topological polar surface area (TPSA) is 43.4 Å². The second-order valence-corrected chi connectivity index (χ2v) is 10.7. The van der Waals surface area contributed by atoms with Gasteiger partial charge in [0.1, 0.15) is 0 Å². The van der Waals surface area contributed by atoms with E-state index in [1.165, 1.54) is 19.3 Å². The van der Waals surface area contributed by atoms with Crippen LogP contribution in [0.1, 0.15) is 56.3 Å². The first kappa shape index (κ1) is 23.0. The van der Waals surface area contributed by atoms with Crippen LogP contribution in [0.25, 0.3) is 0 Å². The quantitative estimate of drug-likeness (QED) is 0.229. The Morgan fingerprint density at radius 3 is 1.81 bits per heavy atom. The molecular formula is C27H31O3P. The molecule has 0 bridgehead atoms. The van der Waals surface area contributed by atoms with Gasteiger partial charge in [-0.15, -0.1) is 0 Å². The lowest BCUT2D eigenvalue weighted by molar-refractivity contribution is 0.0319. The zero-order valence-corrected chi connectivity index (χ0v) is 19.3. The van der Waals surface area contributed by atoms with Gasteiger partial charge in [0.2, 0.25) is 0 Å². The summed E-state index contributed by atoms with van der Waals surface area (Å²) in [6.07, 6.45) is 5.41. The van der Waals surface area contributed by atoms with Crippen LogP contribution in [0, 0.1) is 0 Å². The number of rotatable bonds is 10. The van der Waals surface area contributed by atoms with E-state index < -0.39 is 7.14 Å². The zero-order chi connectivity index (χ0) is 22.1. The van der Waals surface area contributed by atoms with Gasteiger partial charge in [-0.25, -0.2) is 4.79 Å². The standard InChI is InChI=1S/C27H31O3P/c1-3-4-5-8-13-22(2)30-27(28)23-18-20-26(21-19-23)31(29,24-14-9-6-10-15-24)25-16-11-7-12-17-25/h6-7,9-12,14-22H,3-5,8,13H2,1-2H3/t22-/m1/s1.